The summed E-state index contributed by atoms with van der Waals surface area (Å²) < 4.78 is 48.9. The van der Waals surface area contributed by atoms with E-state index in [4.69, 9.17) is 9.47 Å². The van der Waals surface area contributed by atoms with Gasteiger partial charge in [-0.3, -0.25) is 0 Å². The van der Waals surface area contributed by atoms with Crippen LogP contribution in [0.2, 0.25) is 0 Å². The number of aryl methyl sites for hydroxylation is 2. The molecule has 2 aromatic carbocycles. The first-order valence-corrected chi connectivity index (χ1v) is 10.7. The number of esters is 1. The number of nitrogens with one attached hydrogen (secondary N) is 1. The first kappa shape index (κ1) is 25.0. The molecule has 3 aromatic rings. The van der Waals surface area contributed by atoms with Gasteiger partial charge in [0.25, 0.3) is 0 Å². The van der Waals surface area contributed by atoms with Crippen LogP contribution in [0.15, 0.2) is 54.9 Å². The molecule has 180 valence electrons. The summed E-state index contributed by atoms with van der Waals surface area (Å²) in [6.07, 6.45) is -4.84. The standard InChI is InChI=1S/C25H26F3N3O3/c1-15(2)33-23-16(3)10-19(11-17(23)4)20-12-22(31-14-30-20)29-13-21(18-8-6-5-7-9-18)34-24(32)25(26,27)28/h5-12,14-15,21H,13H2,1-4H3,(H,29,30,31)/t21-/m0/s1. The van der Waals surface area contributed by atoms with E-state index in [2.05, 4.69) is 15.3 Å². The highest BCUT2D eigenvalue weighted by molar-refractivity contribution is 5.76. The fraction of sp³-hybridized carbons (Fsp3) is 0.320. The lowest BCUT2D eigenvalue weighted by Gasteiger charge is -2.20. The first-order valence-electron chi connectivity index (χ1n) is 10.7. The maximum Gasteiger partial charge on any atom is 0.490 e. The van der Waals surface area contributed by atoms with E-state index in [0.717, 1.165) is 22.4 Å². The van der Waals surface area contributed by atoms with Crippen LogP contribution in [0.5, 0.6) is 5.75 Å². The van der Waals surface area contributed by atoms with Crippen LogP contribution in [0.4, 0.5) is 19.0 Å². The summed E-state index contributed by atoms with van der Waals surface area (Å²) in [6.45, 7) is 7.72. The van der Waals surface area contributed by atoms with Gasteiger partial charge in [-0.2, -0.15) is 13.2 Å². The Morgan fingerprint density at radius 3 is 2.26 bits per heavy atom. The largest absolute Gasteiger partial charge is 0.490 e. The van der Waals surface area contributed by atoms with Crippen molar-refractivity contribution < 1.29 is 27.4 Å². The minimum atomic E-state index is -5.09. The molecule has 0 fully saturated rings. The Kier molecular flexibility index (Phi) is 7.75. The molecule has 9 heteroatoms. The number of carbonyl (C=O) groups is 1. The molecule has 3 rings (SSSR count). The van der Waals surface area contributed by atoms with Crippen LogP contribution in [0, 0.1) is 13.8 Å². The van der Waals surface area contributed by atoms with Crippen LogP contribution in [0.1, 0.15) is 36.6 Å². The van der Waals surface area contributed by atoms with E-state index in [0.29, 0.717) is 17.1 Å². The summed E-state index contributed by atoms with van der Waals surface area (Å²) in [6, 6.07) is 13.8. The average molecular weight is 473 g/mol. The van der Waals surface area contributed by atoms with Crippen molar-refractivity contribution >= 4 is 11.8 Å². The average Bonchev–Trinajstić information content (AvgIpc) is 2.78. The molecule has 1 aromatic heterocycles. The molecule has 0 aliphatic heterocycles. The minimum Gasteiger partial charge on any atom is -0.490 e. The molecular weight excluding hydrogens is 447 g/mol. The van der Waals surface area contributed by atoms with E-state index in [1.165, 1.54) is 6.33 Å². The molecule has 6 nitrogen and oxygen atoms in total. The number of hydrogen-bond acceptors (Lipinski definition) is 6. The van der Waals surface area contributed by atoms with Crippen LogP contribution in [-0.4, -0.2) is 34.8 Å². The van der Waals surface area contributed by atoms with E-state index in [1.54, 1.807) is 36.4 Å². The highest BCUT2D eigenvalue weighted by Crippen LogP contribution is 2.31. The highest BCUT2D eigenvalue weighted by Gasteiger charge is 2.42. The summed E-state index contributed by atoms with van der Waals surface area (Å²) in [5, 5.41) is 2.96. The molecule has 1 N–H and O–H groups in total. The van der Waals surface area contributed by atoms with Gasteiger partial charge in [0.15, 0.2) is 0 Å². The van der Waals surface area contributed by atoms with E-state index in [1.807, 2.05) is 39.8 Å². The third-order valence-corrected chi connectivity index (χ3v) is 4.90. The maximum atomic E-state index is 12.8. The van der Waals surface area contributed by atoms with Crippen molar-refractivity contribution in [2.24, 2.45) is 0 Å². The number of aromatic nitrogens is 2. The first-order chi connectivity index (χ1) is 16.0. The van der Waals surface area contributed by atoms with E-state index < -0.39 is 18.2 Å². The van der Waals surface area contributed by atoms with E-state index in [9.17, 15) is 18.0 Å². The Hall–Kier alpha value is -3.62. The fourth-order valence-corrected chi connectivity index (χ4v) is 3.42. The molecule has 0 amide bonds. The quantitative estimate of drug-likeness (QED) is 0.417. The van der Waals surface area contributed by atoms with Gasteiger partial charge >= 0.3 is 12.1 Å². The number of halogens is 3. The number of carbonyl (C=O) groups excluding carboxylic acids is 1. The molecule has 0 aliphatic rings. The predicted octanol–water partition coefficient (Wildman–Crippen LogP) is 5.81. The summed E-state index contributed by atoms with van der Waals surface area (Å²) in [5.41, 5.74) is 3.82. The Morgan fingerprint density at radius 2 is 1.68 bits per heavy atom. The molecule has 34 heavy (non-hydrogen) atoms. The second-order valence-corrected chi connectivity index (χ2v) is 8.08. The van der Waals surface area contributed by atoms with Gasteiger partial charge in [0, 0.05) is 11.6 Å². The third kappa shape index (κ3) is 6.46. The Morgan fingerprint density at radius 1 is 1.03 bits per heavy atom. The van der Waals surface area contributed by atoms with Crippen molar-refractivity contribution in [3.05, 3.63) is 71.5 Å². The molecular formula is C25H26F3N3O3. The van der Waals surface area contributed by atoms with Gasteiger partial charge in [-0.25, -0.2) is 14.8 Å². The van der Waals surface area contributed by atoms with Crippen molar-refractivity contribution in [2.75, 3.05) is 11.9 Å². The van der Waals surface area contributed by atoms with Gasteiger partial charge in [-0.15, -0.1) is 0 Å². The lowest BCUT2D eigenvalue weighted by atomic mass is 10.0. The van der Waals surface area contributed by atoms with Crippen LogP contribution >= 0.6 is 0 Å². The number of rotatable bonds is 8. The van der Waals surface area contributed by atoms with Gasteiger partial charge in [0.1, 0.15) is 24.0 Å². The SMILES string of the molecule is Cc1cc(-c2cc(NC[C@H](OC(=O)C(F)(F)F)c3ccccc3)ncn2)cc(C)c1OC(C)C. The number of alkyl halides is 3. The molecule has 0 saturated carbocycles. The zero-order valence-corrected chi connectivity index (χ0v) is 19.3. The monoisotopic (exact) mass is 473 g/mol. The number of nitrogens with zero attached hydrogens (tertiary/aromatic N) is 2. The van der Waals surface area contributed by atoms with E-state index in [-0.39, 0.29) is 12.6 Å². The highest BCUT2D eigenvalue weighted by atomic mass is 19.4. The van der Waals surface area contributed by atoms with Crippen LogP contribution in [0.3, 0.4) is 0 Å². The van der Waals surface area contributed by atoms with Crippen LogP contribution in [-0.2, 0) is 9.53 Å². The lowest BCUT2D eigenvalue weighted by molar-refractivity contribution is -0.204. The molecule has 1 atom stereocenters. The van der Waals surface area contributed by atoms with Crippen molar-refractivity contribution in [2.45, 2.75) is 46.1 Å². The zero-order valence-electron chi connectivity index (χ0n) is 19.3. The van der Waals surface area contributed by atoms with Crippen molar-refractivity contribution in [1.82, 2.24) is 9.97 Å². The Labute approximate surface area is 196 Å². The minimum absolute atomic E-state index is 0.0436. The second kappa shape index (κ2) is 10.5. The predicted molar refractivity (Wildman–Crippen MR) is 123 cm³/mol. The van der Waals surface area contributed by atoms with Crippen LogP contribution < -0.4 is 10.1 Å². The normalized spacial score (nSPS) is 12.4. The van der Waals surface area contributed by atoms with Crippen LogP contribution in [0.25, 0.3) is 11.3 Å². The molecule has 0 radical (unpaired) electrons. The van der Waals surface area contributed by atoms with Gasteiger partial charge < -0.3 is 14.8 Å². The molecule has 1 heterocycles. The summed E-state index contributed by atoms with van der Waals surface area (Å²) in [7, 11) is 0. The molecule has 0 unspecified atom stereocenters. The van der Waals surface area contributed by atoms with Crippen molar-refractivity contribution in [1.29, 1.82) is 0 Å². The molecule has 0 spiro atoms. The number of ether oxygens (including phenoxy) is 2. The number of anilines is 1. The Balaban J connectivity index is 1.80. The summed E-state index contributed by atoms with van der Waals surface area (Å²) in [5.74, 6) is -1.05. The van der Waals surface area contributed by atoms with Gasteiger partial charge in [0.05, 0.1) is 18.3 Å². The number of hydrogen-bond donors (Lipinski definition) is 1. The molecule has 0 saturated heterocycles. The Bertz CT molecular complexity index is 1110. The van der Waals surface area contributed by atoms with Gasteiger partial charge in [0.2, 0.25) is 0 Å². The maximum absolute atomic E-state index is 12.8. The van der Waals surface area contributed by atoms with E-state index >= 15 is 0 Å². The smallest absolute Gasteiger partial charge is 0.490 e. The fourth-order valence-electron chi connectivity index (χ4n) is 3.42. The lowest BCUT2D eigenvalue weighted by Crippen LogP contribution is -2.29. The second-order valence-electron chi connectivity index (χ2n) is 8.08. The van der Waals surface area contributed by atoms with Crippen molar-refractivity contribution in [3.8, 4) is 17.0 Å². The topological polar surface area (TPSA) is 73.3 Å². The molecule has 0 aliphatic carbocycles. The van der Waals surface area contributed by atoms with Gasteiger partial charge in [-0.1, -0.05) is 30.3 Å². The number of benzene rings is 2. The van der Waals surface area contributed by atoms with Crippen molar-refractivity contribution in [3.63, 3.8) is 0 Å². The molecule has 0 bridgehead atoms. The third-order valence-electron chi connectivity index (χ3n) is 4.90. The zero-order chi connectivity index (χ0) is 24.9. The summed E-state index contributed by atoms with van der Waals surface area (Å²) in [4.78, 5) is 19.9. The van der Waals surface area contributed by atoms with Gasteiger partial charge in [-0.05, 0) is 56.5 Å². The summed E-state index contributed by atoms with van der Waals surface area (Å²) >= 11 is 0.